The molecule has 2 aromatic heterocycles. The molecule has 2 heterocycles. The molecule has 0 radical (unpaired) electrons. The van der Waals surface area contributed by atoms with E-state index in [-0.39, 0.29) is 0 Å². The number of benzene rings is 1. The van der Waals surface area contributed by atoms with E-state index in [1.54, 1.807) is 24.7 Å². The first kappa shape index (κ1) is 13.8. The molecule has 3 aromatic rings. The molecule has 0 fully saturated rings. The predicted octanol–water partition coefficient (Wildman–Crippen LogP) is 2.21. The van der Waals surface area contributed by atoms with E-state index in [9.17, 15) is 0 Å². The SMILES string of the molecule is N#Cc1ccc(NCc2cccc(Cn3ccnc3)c2)nn1. The van der Waals surface area contributed by atoms with Crippen LogP contribution in [-0.2, 0) is 13.1 Å². The molecule has 0 saturated heterocycles. The summed E-state index contributed by atoms with van der Waals surface area (Å²) >= 11 is 0. The van der Waals surface area contributed by atoms with Crippen LogP contribution in [0.4, 0.5) is 5.82 Å². The Morgan fingerprint density at radius 1 is 1.14 bits per heavy atom. The largest absolute Gasteiger partial charge is 0.365 e. The van der Waals surface area contributed by atoms with E-state index in [2.05, 4.69) is 38.7 Å². The lowest BCUT2D eigenvalue weighted by atomic mass is 10.1. The molecular formula is C16H14N6. The second-order valence-corrected chi connectivity index (χ2v) is 4.82. The van der Waals surface area contributed by atoms with Gasteiger partial charge in [0.05, 0.1) is 6.33 Å². The molecule has 0 saturated carbocycles. The molecule has 0 atom stereocenters. The lowest BCUT2D eigenvalue weighted by Gasteiger charge is -2.08. The van der Waals surface area contributed by atoms with Gasteiger partial charge in [-0.25, -0.2) is 4.98 Å². The van der Waals surface area contributed by atoms with Crippen molar-refractivity contribution in [2.24, 2.45) is 0 Å². The molecule has 1 aromatic carbocycles. The van der Waals surface area contributed by atoms with Crippen molar-refractivity contribution in [1.29, 1.82) is 5.26 Å². The number of imidazole rings is 1. The molecule has 0 amide bonds. The fourth-order valence-electron chi connectivity index (χ4n) is 2.11. The maximum Gasteiger partial charge on any atom is 0.163 e. The number of anilines is 1. The predicted molar refractivity (Wildman–Crippen MR) is 81.8 cm³/mol. The standard InChI is InChI=1S/C16H14N6/c17-9-15-4-5-16(21-20-15)19-10-13-2-1-3-14(8-13)11-22-7-6-18-12-22/h1-8,12H,10-11H2,(H,19,21). The van der Waals surface area contributed by atoms with Gasteiger partial charge in [0.1, 0.15) is 11.9 Å². The Morgan fingerprint density at radius 3 is 2.77 bits per heavy atom. The number of hydrogen-bond acceptors (Lipinski definition) is 5. The third-order valence-electron chi connectivity index (χ3n) is 3.17. The Kier molecular flexibility index (Phi) is 4.07. The highest BCUT2D eigenvalue weighted by Crippen LogP contribution is 2.10. The van der Waals surface area contributed by atoms with Gasteiger partial charge in [-0.2, -0.15) is 5.26 Å². The summed E-state index contributed by atoms with van der Waals surface area (Å²) < 4.78 is 2.03. The number of aromatic nitrogens is 4. The number of nitrogens with one attached hydrogen (secondary N) is 1. The van der Waals surface area contributed by atoms with Gasteiger partial charge in [-0.15, -0.1) is 10.2 Å². The Balaban J connectivity index is 1.63. The number of nitriles is 1. The van der Waals surface area contributed by atoms with Crippen LogP contribution >= 0.6 is 0 Å². The normalized spacial score (nSPS) is 10.1. The molecule has 0 unspecified atom stereocenters. The minimum atomic E-state index is 0.313. The summed E-state index contributed by atoms with van der Waals surface area (Å²) in [7, 11) is 0. The lowest BCUT2D eigenvalue weighted by molar-refractivity contribution is 0.796. The van der Waals surface area contributed by atoms with Crippen molar-refractivity contribution < 1.29 is 0 Å². The zero-order valence-corrected chi connectivity index (χ0v) is 11.8. The maximum absolute atomic E-state index is 8.69. The van der Waals surface area contributed by atoms with Gasteiger partial charge in [0.2, 0.25) is 0 Å². The zero-order valence-electron chi connectivity index (χ0n) is 11.8. The first-order valence-corrected chi connectivity index (χ1v) is 6.85. The van der Waals surface area contributed by atoms with Crippen molar-refractivity contribution >= 4 is 5.82 Å². The van der Waals surface area contributed by atoms with Crippen LogP contribution in [-0.4, -0.2) is 19.7 Å². The molecule has 0 aliphatic rings. The number of rotatable bonds is 5. The van der Waals surface area contributed by atoms with Gasteiger partial charge in [0, 0.05) is 25.5 Å². The van der Waals surface area contributed by atoms with Crippen LogP contribution in [0, 0.1) is 11.3 Å². The van der Waals surface area contributed by atoms with E-state index < -0.39 is 0 Å². The molecule has 0 aliphatic carbocycles. The second-order valence-electron chi connectivity index (χ2n) is 4.82. The third-order valence-corrected chi connectivity index (χ3v) is 3.17. The smallest absolute Gasteiger partial charge is 0.163 e. The van der Waals surface area contributed by atoms with Crippen molar-refractivity contribution in [3.8, 4) is 6.07 Å². The van der Waals surface area contributed by atoms with Crippen LogP contribution in [0.5, 0.6) is 0 Å². The van der Waals surface area contributed by atoms with E-state index in [1.165, 1.54) is 5.56 Å². The fraction of sp³-hybridized carbons (Fsp3) is 0.125. The number of hydrogen-bond donors (Lipinski definition) is 1. The Hall–Kier alpha value is -3.20. The van der Waals surface area contributed by atoms with E-state index in [0.29, 0.717) is 18.1 Å². The molecule has 0 bridgehead atoms. The minimum Gasteiger partial charge on any atom is -0.365 e. The van der Waals surface area contributed by atoms with Gasteiger partial charge in [-0.1, -0.05) is 24.3 Å². The zero-order chi connectivity index (χ0) is 15.2. The van der Waals surface area contributed by atoms with Crippen molar-refractivity contribution in [2.45, 2.75) is 13.1 Å². The fourth-order valence-corrected chi connectivity index (χ4v) is 2.11. The first-order chi connectivity index (χ1) is 10.8. The van der Waals surface area contributed by atoms with Crippen LogP contribution in [0.15, 0.2) is 55.1 Å². The summed E-state index contributed by atoms with van der Waals surface area (Å²) in [5.41, 5.74) is 2.68. The first-order valence-electron chi connectivity index (χ1n) is 6.85. The molecule has 6 nitrogen and oxygen atoms in total. The van der Waals surface area contributed by atoms with Crippen LogP contribution in [0.3, 0.4) is 0 Å². The molecule has 0 aliphatic heterocycles. The molecule has 0 spiro atoms. The van der Waals surface area contributed by atoms with E-state index in [1.807, 2.05) is 22.9 Å². The van der Waals surface area contributed by atoms with Crippen molar-refractivity contribution in [3.63, 3.8) is 0 Å². The monoisotopic (exact) mass is 290 g/mol. The third kappa shape index (κ3) is 3.46. The maximum atomic E-state index is 8.69. The van der Waals surface area contributed by atoms with Gasteiger partial charge in [-0.3, -0.25) is 0 Å². The lowest BCUT2D eigenvalue weighted by Crippen LogP contribution is -2.04. The summed E-state index contributed by atoms with van der Waals surface area (Å²) in [5, 5.41) is 19.6. The second kappa shape index (κ2) is 6.50. The molecule has 6 heteroatoms. The van der Waals surface area contributed by atoms with Crippen LogP contribution in [0.1, 0.15) is 16.8 Å². The Morgan fingerprint density at radius 2 is 2.05 bits per heavy atom. The number of nitrogens with zero attached hydrogens (tertiary/aromatic N) is 5. The van der Waals surface area contributed by atoms with Crippen molar-refractivity contribution in [3.05, 3.63) is 71.9 Å². The Bertz CT molecular complexity index is 771. The average Bonchev–Trinajstić information content (AvgIpc) is 3.07. The molecule has 22 heavy (non-hydrogen) atoms. The summed E-state index contributed by atoms with van der Waals surface area (Å²) in [6.07, 6.45) is 5.52. The molecular weight excluding hydrogens is 276 g/mol. The molecule has 1 N–H and O–H groups in total. The Labute approximate surface area is 128 Å². The highest BCUT2D eigenvalue weighted by Gasteiger charge is 2.00. The van der Waals surface area contributed by atoms with Crippen LogP contribution < -0.4 is 5.32 Å². The van der Waals surface area contributed by atoms with Crippen molar-refractivity contribution in [2.75, 3.05) is 5.32 Å². The van der Waals surface area contributed by atoms with Gasteiger partial charge < -0.3 is 9.88 Å². The summed E-state index contributed by atoms with van der Waals surface area (Å²) in [6, 6.07) is 13.7. The van der Waals surface area contributed by atoms with Gasteiger partial charge in [0.15, 0.2) is 5.69 Å². The highest BCUT2D eigenvalue weighted by atomic mass is 15.2. The summed E-state index contributed by atoms with van der Waals surface area (Å²) in [5.74, 6) is 0.652. The average molecular weight is 290 g/mol. The van der Waals surface area contributed by atoms with Crippen LogP contribution in [0.2, 0.25) is 0 Å². The van der Waals surface area contributed by atoms with E-state index >= 15 is 0 Å². The molecule has 3 rings (SSSR count). The topological polar surface area (TPSA) is 79.4 Å². The van der Waals surface area contributed by atoms with Gasteiger partial charge in [-0.05, 0) is 23.3 Å². The van der Waals surface area contributed by atoms with Gasteiger partial charge >= 0.3 is 0 Å². The van der Waals surface area contributed by atoms with Crippen LogP contribution in [0.25, 0.3) is 0 Å². The highest BCUT2D eigenvalue weighted by molar-refractivity contribution is 5.37. The van der Waals surface area contributed by atoms with Gasteiger partial charge in [0.25, 0.3) is 0 Å². The van der Waals surface area contributed by atoms with E-state index in [0.717, 1.165) is 12.1 Å². The summed E-state index contributed by atoms with van der Waals surface area (Å²) in [4.78, 5) is 4.04. The minimum absolute atomic E-state index is 0.313. The quantitative estimate of drug-likeness (QED) is 0.779. The summed E-state index contributed by atoms with van der Waals surface area (Å²) in [6.45, 7) is 1.45. The molecule has 108 valence electrons. The van der Waals surface area contributed by atoms with Crippen molar-refractivity contribution in [1.82, 2.24) is 19.7 Å². The van der Waals surface area contributed by atoms with E-state index in [4.69, 9.17) is 5.26 Å².